The monoisotopic (exact) mass is 311 g/mol. The fourth-order valence-corrected chi connectivity index (χ4v) is 3.24. The smallest absolute Gasteiger partial charge is 0.258 e. The van der Waals surface area contributed by atoms with Crippen LogP contribution in [0.15, 0.2) is 18.2 Å². The van der Waals surface area contributed by atoms with Gasteiger partial charge in [0.2, 0.25) is 0 Å². The first-order chi connectivity index (χ1) is 10.0. The van der Waals surface area contributed by atoms with Crippen molar-refractivity contribution in [3.63, 3.8) is 0 Å². The summed E-state index contributed by atoms with van der Waals surface area (Å²) < 4.78 is 19.4. The molecule has 2 heterocycles. The normalized spacial score (nSPS) is 25.6. The van der Waals surface area contributed by atoms with E-state index in [1.165, 1.54) is 23.1 Å². The molecule has 0 aliphatic carbocycles. The molecule has 0 N–H and O–H groups in total. The van der Waals surface area contributed by atoms with E-state index in [-0.39, 0.29) is 22.9 Å². The molecule has 0 bridgehead atoms. The van der Waals surface area contributed by atoms with E-state index in [0.29, 0.717) is 26.0 Å². The highest BCUT2D eigenvalue weighted by Gasteiger charge is 2.46. The van der Waals surface area contributed by atoms with Gasteiger partial charge in [0, 0.05) is 19.6 Å². The molecule has 6 heteroatoms. The number of benzene rings is 1. The Labute approximate surface area is 126 Å². The van der Waals surface area contributed by atoms with Crippen molar-refractivity contribution < 1.29 is 18.7 Å². The van der Waals surface area contributed by atoms with Crippen LogP contribution in [0, 0.1) is 5.82 Å². The SMILES string of the molecule is O=C(c1c(F)cccc1Cl)N1CCC2(CCCO2)C(=O)C1. The molecule has 2 aliphatic heterocycles. The number of hydrogen-bond acceptors (Lipinski definition) is 3. The van der Waals surface area contributed by atoms with Gasteiger partial charge in [0.15, 0.2) is 5.78 Å². The lowest BCUT2D eigenvalue weighted by molar-refractivity contribution is -0.144. The summed E-state index contributed by atoms with van der Waals surface area (Å²) in [5.41, 5.74) is -0.897. The third-order valence-corrected chi connectivity index (χ3v) is 4.51. The molecule has 0 saturated carbocycles. The minimum atomic E-state index is -0.726. The molecular weight excluding hydrogens is 297 g/mol. The highest BCUT2D eigenvalue weighted by atomic mass is 35.5. The highest BCUT2D eigenvalue weighted by molar-refractivity contribution is 6.33. The summed E-state index contributed by atoms with van der Waals surface area (Å²) in [6.45, 7) is 0.900. The van der Waals surface area contributed by atoms with E-state index in [1.807, 2.05) is 0 Å². The van der Waals surface area contributed by atoms with E-state index in [1.54, 1.807) is 0 Å². The van der Waals surface area contributed by atoms with Crippen molar-refractivity contribution in [1.29, 1.82) is 0 Å². The maximum absolute atomic E-state index is 13.8. The molecule has 4 nitrogen and oxygen atoms in total. The maximum atomic E-state index is 13.8. The number of hydrogen-bond donors (Lipinski definition) is 0. The maximum Gasteiger partial charge on any atom is 0.258 e. The molecule has 1 aromatic rings. The van der Waals surface area contributed by atoms with Gasteiger partial charge >= 0.3 is 0 Å². The fourth-order valence-electron chi connectivity index (χ4n) is 3.00. The van der Waals surface area contributed by atoms with E-state index in [0.717, 1.165) is 6.42 Å². The van der Waals surface area contributed by atoms with E-state index >= 15 is 0 Å². The van der Waals surface area contributed by atoms with Gasteiger partial charge in [-0.05, 0) is 25.0 Å². The summed E-state index contributed by atoms with van der Waals surface area (Å²) in [4.78, 5) is 26.0. The van der Waals surface area contributed by atoms with Crippen molar-refractivity contribution >= 4 is 23.3 Å². The van der Waals surface area contributed by atoms with Gasteiger partial charge in [0.05, 0.1) is 17.1 Å². The zero-order chi connectivity index (χ0) is 15.0. The number of ether oxygens (including phenoxy) is 1. The molecule has 1 atom stereocenters. The zero-order valence-corrected chi connectivity index (χ0v) is 12.2. The number of carbonyl (C=O) groups is 2. The summed E-state index contributed by atoms with van der Waals surface area (Å²) in [5.74, 6) is -1.32. The molecule has 2 saturated heterocycles. The van der Waals surface area contributed by atoms with Gasteiger partial charge in [-0.1, -0.05) is 17.7 Å². The Morgan fingerprint density at radius 3 is 2.81 bits per heavy atom. The number of piperidine rings is 1. The Bertz CT molecular complexity index is 578. The zero-order valence-electron chi connectivity index (χ0n) is 11.4. The van der Waals surface area contributed by atoms with Crippen LogP contribution in [0.2, 0.25) is 5.02 Å². The summed E-state index contributed by atoms with van der Waals surface area (Å²) >= 11 is 5.90. The highest BCUT2D eigenvalue weighted by Crippen LogP contribution is 2.34. The van der Waals surface area contributed by atoms with E-state index in [2.05, 4.69) is 0 Å². The molecule has 2 fully saturated rings. The molecule has 1 aromatic carbocycles. The number of halogens is 2. The Balaban J connectivity index is 1.80. The number of amides is 1. The average Bonchev–Trinajstić information content (AvgIpc) is 2.91. The Kier molecular flexibility index (Phi) is 3.71. The quantitative estimate of drug-likeness (QED) is 0.800. The first-order valence-corrected chi connectivity index (χ1v) is 7.32. The van der Waals surface area contributed by atoms with Crippen LogP contribution in [-0.2, 0) is 9.53 Å². The Hall–Kier alpha value is -1.46. The van der Waals surface area contributed by atoms with Gasteiger partial charge in [-0.2, -0.15) is 0 Å². The van der Waals surface area contributed by atoms with E-state index < -0.39 is 17.3 Å². The number of rotatable bonds is 1. The van der Waals surface area contributed by atoms with Crippen LogP contribution in [0.3, 0.4) is 0 Å². The summed E-state index contributed by atoms with van der Waals surface area (Å²) in [7, 11) is 0. The lowest BCUT2D eigenvalue weighted by atomic mass is 9.87. The molecule has 112 valence electrons. The molecular formula is C15H15ClFNO3. The van der Waals surface area contributed by atoms with Gasteiger partial charge in [-0.3, -0.25) is 9.59 Å². The Morgan fingerprint density at radius 2 is 2.19 bits per heavy atom. The van der Waals surface area contributed by atoms with Crippen molar-refractivity contribution in [3.05, 3.63) is 34.6 Å². The number of nitrogens with zero attached hydrogens (tertiary/aromatic N) is 1. The summed E-state index contributed by atoms with van der Waals surface area (Å²) in [5, 5.41) is 0.0600. The van der Waals surface area contributed by atoms with Crippen molar-refractivity contribution in [1.82, 2.24) is 4.90 Å². The van der Waals surface area contributed by atoms with Gasteiger partial charge < -0.3 is 9.64 Å². The number of likely N-dealkylation sites (tertiary alicyclic amines) is 1. The van der Waals surface area contributed by atoms with Crippen LogP contribution in [0.5, 0.6) is 0 Å². The largest absolute Gasteiger partial charge is 0.367 e. The molecule has 0 aromatic heterocycles. The number of carbonyl (C=O) groups excluding carboxylic acids is 2. The molecule has 1 spiro atoms. The molecule has 3 rings (SSSR count). The van der Waals surface area contributed by atoms with Crippen molar-refractivity contribution in [3.8, 4) is 0 Å². The second-order valence-corrected chi connectivity index (χ2v) is 5.85. The van der Waals surface area contributed by atoms with Crippen LogP contribution in [-0.4, -0.2) is 41.9 Å². The van der Waals surface area contributed by atoms with Crippen LogP contribution in [0.4, 0.5) is 4.39 Å². The summed E-state index contributed by atoms with van der Waals surface area (Å²) in [6.07, 6.45) is 2.02. The first kappa shape index (κ1) is 14.5. The second-order valence-electron chi connectivity index (χ2n) is 5.44. The van der Waals surface area contributed by atoms with Crippen molar-refractivity contribution in [2.45, 2.75) is 24.9 Å². The minimum Gasteiger partial charge on any atom is -0.367 e. The lowest BCUT2D eigenvalue weighted by Gasteiger charge is -2.37. The Morgan fingerprint density at radius 1 is 1.38 bits per heavy atom. The second kappa shape index (κ2) is 5.39. The molecule has 1 unspecified atom stereocenters. The predicted molar refractivity (Wildman–Crippen MR) is 74.9 cm³/mol. The predicted octanol–water partition coefficient (Wildman–Crippen LogP) is 2.44. The minimum absolute atomic E-state index is 0.0521. The van der Waals surface area contributed by atoms with Crippen molar-refractivity contribution in [2.75, 3.05) is 19.7 Å². The van der Waals surface area contributed by atoms with Crippen LogP contribution < -0.4 is 0 Å². The third-order valence-electron chi connectivity index (χ3n) is 4.20. The van der Waals surface area contributed by atoms with Crippen LogP contribution in [0.25, 0.3) is 0 Å². The van der Waals surface area contributed by atoms with Gasteiger partial charge in [0.25, 0.3) is 5.91 Å². The van der Waals surface area contributed by atoms with Crippen molar-refractivity contribution in [2.24, 2.45) is 0 Å². The fraction of sp³-hybridized carbons (Fsp3) is 0.467. The number of Topliss-reactive ketones (excluding diaryl/α,β-unsaturated/α-hetero) is 1. The molecule has 2 aliphatic rings. The van der Waals surface area contributed by atoms with Crippen LogP contribution >= 0.6 is 11.6 Å². The van der Waals surface area contributed by atoms with Gasteiger partial charge in [0.1, 0.15) is 11.4 Å². The molecule has 1 amide bonds. The molecule has 0 radical (unpaired) electrons. The molecule has 21 heavy (non-hydrogen) atoms. The first-order valence-electron chi connectivity index (χ1n) is 6.94. The van der Waals surface area contributed by atoms with E-state index in [4.69, 9.17) is 16.3 Å². The standard InChI is InChI=1S/C15H15ClFNO3/c16-10-3-1-4-11(17)13(10)14(20)18-7-6-15(12(19)9-18)5-2-8-21-15/h1,3-4H,2,5-9H2. The van der Waals surface area contributed by atoms with Crippen LogP contribution in [0.1, 0.15) is 29.6 Å². The summed E-state index contributed by atoms with van der Waals surface area (Å²) in [6, 6.07) is 4.09. The van der Waals surface area contributed by atoms with Gasteiger partial charge in [-0.15, -0.1) is 0 Å². The third kappa shape index (κ3) is 2.45. The number of ketones is 1. The van der Waals surface area contributed by atoms with Gasteiger partial charge in [-0.25, -0.2) is 4.39 Å². The lowest BCUT2D eigenvalue weighted by Crippen LogP contribution is -2.53. The van der Waals surface area contributed by atoms with E-state index in [9.17, 15) is 14.0 Å². The average molecular weight is 312 g/mol. The topological polar surface area (TPSA) is 46.6 Å².